The molecule has 0 amide bonds. The molecule has 0 unspecified atom stereocenters. The molecule has 0 saturated heterocycles. The van der Waals surface area contributed by atoms with Gasteiger partial charge in [0.2, 0.25) is 0 Å². The van der Waals surface area contributed by atoms with E-state index in [1.807, 2.05) is 0 Å². The molecule has 0 bridgehead atoms. The van der Waals surface area contributed by atoms with Gasteiger partial charge >= 0.3 is 0 Å². The van der Waals surface area contributed by atoms with Crippen molar-refractivity contribution in [3.63, 3.8) is 0 Å². The first kappa shape index (κ1) is 5.83. The van der Waals surface area contributed by atoms with Crippen LogP contribution in [-0.4, -0.2) is 12.7 Å². The van der Waals surface area contributed by atoms with E-state index in [0.717, 1.165) is 13.0 Å². The lowest BCUT2D eigenvalue weighted by atomic mass is 10.1. The van der Waals surface area contributed by atoms with Gasteiger partial charge < -0.3 is 4.74 Å². The third kappa shape index (κ3) is 1.34. The average Bonchev–Trinajstić information content (AvgIpc) is 1.64. The lowest BCUT2D eigenvalue weighted by molar-refractivity contribution is 0.0892. The molecule has 46 valence electrons. The molecule has 0 radical (unpaired) electrons. The fourth-order valence-electron chi connectivity index (χ4n) is 0.938. The Morgan fingerprint density at radius 2 is 2.50 bits per heavy atom. The molecule has 0 N–H and O–H groups in total. The molecule has 0 fully saturated rings. The van der Waals surface area contributed by atoms with Crippen LogP contribution >= 0.6 is 0 Å². The SMILES string of the molecule is CC1=C[C@H](C)OCC1. The molecule has 0 aromatic rings. The minimum Gasteiger partial charge on any atom is -0.374 e. The molecule has 1 atom stereocenters. The van der Waals surface area contributed by atoms with Crippen LogP contribution in [0.4, 0.5) is 0 Å². The first-order valence-electron chi connectivity index (χ1n) is 3.08. The number of hydrogen-bond acceptors (Lipinski definition) is 1. The Balaban J connectivity index is 2.50. The first-order valence-corrected chi connectivity index (χ1v) is 3.08. The third-order valence-corrected chi connectivity index (χ3v) is 1.40. The second-order valence-corrected chi connectivity index (χ2v) is 2.34. The highest BCUT2D eigenvalue weighted by atomic mass is 16.5. The van der Waals surface area contributed by atoms with E-state index < -0.39 is 0 Å². The van der Waals surface area contributed by atoms with Crippen molar-refractivity contribution >= 4 is 0 Å². The van der Waals surface area contributed by atoms with Crippen LogP contribution in [0, 0.1) is 0 Å². The van der Waals surface area contributed by atoms with Gasteiger partial charge in [-0.25, -0.2) is 0 Å². The maximum absolute atomic E-state index is 5.27. The summed E-state index contributed by atoms with van der Waals surface area (Å²) in [5.41, 5.74) is 1.46. The molecule has 0 aliphatic carbocycles. The standard InChI is InChI=1S/C7H12O/c1-6-3-4-8-7(2)5-6/h5,7H,3-4H2,1-2H3/t7-/m0/s1. The normalized spacial score (nSPS) is 29.8. The highest BCUT2D eigenvalue weighted by Crippen LogP contribution is 2.10. The van der Waals surface area contributed by atoms with Gasteiger partial charge in [0.25, 0.3) is 0 Å². The zero-order valence-electron chi connectivity index (χ0n) is 5.48. The van der Waals surface area contributed by atoms with E-state index >= 15 is 0 Å². The fraction of sp³-hybridized carbons (Fsp3) is 0.714. The maximum Gasteiger partial charge on any atom is 0.0730 e. The summed E-state index contributed by atoms with van der Waals surface area (Å²) < 4.78 is 5.27. The van der Waals surface area contributed by atoms with Crippen LogP contribution in [0.3, 0.4) is 0 Å². The summed E-state index contributed by atoms with van der Waals surface area (Å²) in [5.74, 6) is 0. The molecule has 1 heterocycles. The molecule has 0 aromatic carbocycles. The van der Waals surface area contributed by atoms with Crippen molar-refractivity contribution in [2.75, 3.05) is 6.61 Å². The van der Waals surface area contributed by atoms with Crippen molar-refractivity contribution in [2.24, 2.45) is 0 Å². The summed E-state index contributed by atoms with van der Waals surface area (Å²) in [6.45, 7) is 5.13. The summed E-state index contributed by atoms with van der Waals surface area (Å²) in [5, 5.41) is 0. The molecule has 1 aliphatic heterocycles. The molecule has 0 saturated carbocycles. The summed E-state index contributed by atoms with van der Waals surface area (Å²) in [4.78, 5) is 0. The number of ether oxygens (including phenoxy) is 1. The molecule has 1 aliphatic rings. The van der Waals surface area contributed by atoms with E-state index in [9.17, 15) is 0 Å². The molecule has 1 nitrogen and oxygen atoms in total. The van der Waals surface area contributed by atoms with Crippen LogP contribution in [0.1, 0.15) is 20.3 Å². The van der Waals surface area contributed by atoms with Crippen LogP contribution in [-0.2, 0) is 4.74 Å². The molecule has 0 aromatic heterocycles. The second-order valence-electron chi connectivity index (χ2n) is 2.34. The molecular formula is C7H12O. The quantitative estimate of drug-likeness (QED) is 0.434. The number of hydrogen-bond donors (Lipinski definition) is 0. The maximum atomic E-state index is 5.27. The van der Waals surface area contributed by atoms with Gasteiger partial charge in [-0.1, -0.05) is 11.6 Å². The average molecular weight is 112 g/mol. The van der Waals surface area contributed by atoms with Gasteiger partial charge in [-0.2, -0.15) is 0 Å². The van der Waals surface area contributed by atoms with Gasteiger partial charge in [-0.3, -0.25) is 0 Å². The van der Waals surface area contributed by atoms with Gasteiger partial charge in [-0.05, 0) is 20.3 Å². The van der Waals surface area contributed by atoms with Crippen molar-refractivity contribution in [2.45, 2.75) is 26.4 Å². The van der Waals surface area contributed by atoms with Crippen LogP contribution in [0.2, 0.25) is 0 Å². The van der Waals surface area contributed by atoms with Crippen molar-refractivity contribution < 1.29 is 4.74 Å². The first-order chi connectivity index (χ1) is 3.79. The highest BCUT2D eigenvalue weighted by molar-refractivity contribution is 5.03. The van der Waals surface area contributed by atoms with Gasteiger partial charge in [0, 0.05) is 0 Å². The van der Waals surface area contributed by atoms with E-state index in [0.29, 0.717) is 6.10 Å². The lowest BCUT2D eigenvalue weighted by Gasteiger charge is -2.15. The minimum absolute atomic E-state index is 0.351. The van der Waals surface area contributed by atoms with Crippen LogP contribution < -0.4 is 0 Å². The van der Waals surface area contributed by atoms with Gasteiger partial charge in [0.15, 0.2) is 0 Å². The Labute approximate surface area is 50.3 Å². The summed E-state index contributed by atoms with van der Waals surface area (Å²) in [7, 11) is 0. The van der Waals surface area contributed by atoms with Crippen LogP contribution in [0.5, 0.6) is 0 Å². The van der Waals surface area contributed by atoms with E-state index in [1.54, 1.807) is 0 Å². The third-order valence-electron chi connectivity index (χ3n) is 1.40. The zero-order chi connectivity index (χ0) is 5.98. The molecule has 1 heteroatoms. The topological polar surface area (TPSA) is 9.23 Å². The minimum atomic E-state index is 0.351. The molecular weight excluding hydrogens is 100 g/mol. The van der Waals surface area contributed by atoms with Gasteiger partial charge in [0.05, 0.1) is 12.7 Å². The van der Waals surface area contributed by atoms with E-state index in [2.05, 4.69) is 19.9 Å². The smallest absolute Gasteiger partial charge is 0.0730 e. The highest BCUT2D eigenvalue weighted by Gasteiger charge is 2.04. The Morgan fingerprint density at radius 3 is 2.88 bits per heavy atom. The number of rotatable bonds is 0. The van der Waals surface area contributed by atoms with Crippen LogP contribution in [0.15, 0.2) is 11.6 Å². The monoisotopic (exact) mass is 112 g/mol. The van der Waals surface area contributed by atoms with E-state index in [-0.39, 0.29) is 0 Å². The van der Waals surface area contributed by atoms with Gasteiger partial charge in [-0.15, -0.1) is 0 Å². The summed E-state index contributed by atoms with van der Waals surface area (Å²) in [6.07, 6.45) is 3.64. The van der Waals surface area contributed by atoms with Crippen molar-refractivity contribution in [3.05, 3.63) is 11.6 Å². The van der Waals surface area contributed by atoms with Crippen LogP contribution in [0.25, 0.3) is 0 Å². The van der Waals surface area contributed by atoms with Crippen molar-refractivity contribution in [1.29, 1.82) is 0 Å². The van der Waals surface area contributed by atoms with Crippen molar-refractivity contribution in [3.8, 4) is 0 Å². The summed E-state index contributed by atoms with van der Waals surface area (Å²) in [6, 6.07) is 0. The van der Waals surface area contributed by atoms with Crippen molar-refractivity contribution in [1.82, 2.24) is 0 Å². The predicted molar refractivity (Wildman–Crippen MR) is 33.8 cm³/mol. The Hall–Kier alpha value is -0.300. The Kier molecular flexibility index (Phi) is 1.69. The lowest BCUT2D eigenvalue weighted by Crippen LogP contribution is -2.11. The zero-order valence-corrected chi connectivity index (χ0v) is 5.48. The largest absolute Gasteiger partial charge is 0.374 e. The molecule has 8 heavy (non-hydrogen) atoms. The Bertz CT molecular complexity index is 105. The molecule has 1 rings (SSSR count). The fourth-order valence-corrected chi connectivity index (χ4v) is 0.938. The second kappa shape index (κ2) is 2.31. The Morgan fingerprint density at radius 1 is 1.75 bits per heavy atom. The van der Waals surface area contributed by atoms with E-state index in [4.69, 9.17) is 4.74 Å². The van der Waals surface area contributed by atoms with E-state index in [1.165, 1.54) is 5.57 Å². The summed E-state index contributed by atoms with van der Waals surface area (Å²) >= 11 is 0. The van der Waals surface area contributed by atoms with Gasteiger partial charge in [0.1, 0.15) is 0 Å². The predicted octanol–water partition coefficient (Wildman–Crippen LogP) is 1.74. The molecule has 0 spiro atoms.